The SMILES string of the molecule is COc1ccc(C(=O)C=Cc2ccc(OCC(=O)O)cc2)c(F)c1. The predicted octanol–water partition coefficient (Wildman–Crippen LogP) is 3.19. The first-order valence-electron chi connectivity index (χ1n) is 7.00. The van der Waals surface area contributed by atoms with Gasteiger partial charge in [0.25, 0.3) is 0 Å². The highest BCUT2D eigenvalue weighted by atomic mass is 19.1. The van der Waals surface area contributed by atoms with Gasteiger partial charge in [0.15, 0.2) is 12.4 Å². The number of hydrogen-bond acceptors (Lipinski definition) is 4. The number of aliphatic carboxylic acids is 1. The lowest BCUT2D eigenvalue weighted by Crippen LogP contribution is -2.09. The number of methoxy groups -OCH3 is 1. The van der Waals surface area contributed by atoms with Crippen LogP contribution in [0.3, 0.4) is 0 Å². The second kappa shape index (κ2) is 7.92. The van der Waals surface area contributed by atoms with Gasteiger partial charge < -0.3 is 14.6 Å². The molecule has 0 saturated carbocycles. The number of ketones is 1. The topological polar surface area (TPSA) is 72.8 Å². The summed E-state index contributed by atoms with van der Waals surface area (Å²) in [5.41, 5.74) is 0.647. The number of allylic oxidation sites excluding steroid dienone is 1. The number of benzene rings is 2. The van der Waals surface area contributed by atoms with Crippen molar-refractivity contribution >= 4 is 17.8 Å². The van der Waals surface area contributed by atoms with Crippen LogP contribution < -0.4 is 9.47 Å². The van der Waals surface area contributed by atoms with E-state index in [1.165, 1.54) is 31.4 Å². The van der Waals surface area contributed by atoms with Gasteiger partial charge in [-0.05, 0) is 35.9 Å². The van der Waals surface area contributed by atoms with Gasteiger partial charge >= 0.3 is 5.97 Å². The van der Waals surface area contributed by atoms with Gasteiger partial charge in [0.1, 0.15) is 17.3 Å². The van der Waals surface area contributed by atoms with Gasteiger partial charge in [-0.15, -0.1) is 0 Å². The average molecular weight is 330 g/mol. The molecule has 0 aliphatic heterocycles. The third-order valence-corrected chi connectivity index (χ3v) is 3.11. The van der Waals surface area contributed by atoms with Crippen molar-refractivity contribution in [1.82, 2.24) is 0 Å². The van der Waals surface area contributed by atoms with E-state index >= 15 is 0 Å². The Kier molecular flexibility index (Phi) is 5.68. The molecule has 0 aliphatic carbocycles. The maximum Gasteiger partial charge on any atom is 0.341 e. The van der Waals surface area contributed by atoms with Crippen molar-refractivity contribution in [3.63, 3.8) is 0 Å². The molecule has 0 saturated heterocycles. The molecule has 2 rings (SSSR count). The summed E-state index contributed by atoms with van der Waals surface area (Å²) in [5.74, 6) is -1.44. The largest absolute Gasteiger partial charge is 0.497 e. The fourth-order valence-corrected chi connectivity index (χ4v) is 1.90. The number of carboxylic acids is 1. The van der Waals surface area contributed by atoms with Crippen LogP contribution in [0.25, 0.3) is 6.08 Å². The van der Waals surface area contributed by atoms with E-state index in [4.69, 9.17) is 14.6 Å². The highest BCUT2D eigenvalue weighted by molar-refractivity contribution is 6.07. The number of carboxylic acid groups (broad SMARTS) is 1. The smallest absolute Gasteiger partial charge is 0.341 e. The van der Waals surface area contributed by atoms with Crippen molar-refractivity contribution in [2.24, 2.45) is 0 Å². The zero-order valence-corrected chi connectivity index (χ0v) is 12.9. The highest BCUT2D eigenvalue weighted by Crippen LogP contribution is 2.18. The molecule has 6 heteroatoms. The Labute approximate surface area is 137 Å². The van der Waals surface area contributed by atoms with Crippen molar-refractivity contribution in [1.29, 1.82) is 0 Å². The Hall–Kier alpha value is -3.15. The average Bonchev–Trinajstić information content (AvgIpc) is 2.58. The van der Waals surface area contributed by atoms with E-state index in [1.54, 1.807) is 24.3 Å². The molecule has 2 aromatic rings. The third kappa shape index (κ3) is 4.67. The summed E-state index contributed by atoms with van der Waals surface area (Å²) in [7, 11) is 1.42. The lowest BCUT2D eigenvalue weighted by atomic mass is 10.1. The van der Waals surface area contributed by atoms with E-state index in [1.807, 2.05) is 0 Å². The fraction of sp³-hybridized carbons (Fsp3) is 0.111. The van der Waals surface area contributed by atoms with Crippen molar-refractivity contribution in [3.8, 4) is 11.5 Å². The van der Waals surface area contributed by atoms with Crippen LogP contribution >= 0.6 is 0 Å². The zero-order valence-electron chi connectivity index (χ0n) is 12.9. The molecule has 0 fully saturated rings. The molecule has 24 heavy (non-hydrogen) atoms. The summed E-state index contributed by atoms with van der Waals surface area (Å²) < 4.78 is 23.7. The van der Waals surface area contributed by atoms with Crippen LogP contribution in [0.15, 0.2) is 48.5 Å². The van der Waals surface area contributed by atoms with Crippen molar-refractivity contribution < 1.29 is 28.6 Å². The monoisotopic (exact) mass is 330 g/mol. The van der Waals surface area contributed by atoms with Gasteiger partial charge in [-0.3, -0.25) is 4.79 Å². The van der Waals surface area contributed by atoms with Gasteiger partial charge in [0.05, 0.1) is 12.7 Å². The minimum atomic E-state index is -1.06. The van der Waals surface area contributed by atoms with E-state index in [-0.39, 0.29) is 5.56 Å². The number of rotatable bonds is 7. The van der Waals surface area contributed by atoms with Crippen LogP contribution in [-0.4, -0.2) is 30.6 Å². The summed E-state index contributed by atoms with van der Waals surface area (Å²) in [6.07, 6.45) is 2.80. The summed E-state index contributed by atoms with van der Waals surface area (Å²) in [6.45, 7) is -0.426. The first-order chi connectivity index (χ1) is 11.5. The Bertz CT molecular complexity index is 765. The van der Waals surface area contributed by atoms with E-state index < -0.39 is 24.2 Å². The summed E-state index contributed by atoms with van der Waals surface area (Å²) in [6, 6.07) is 10.5. The van der Waals surface area contributed by atoms with Crippen LogP contribution in [0.1, 0.15) is 15.9 Å². The summed E-state index contributed by atoms with van der Waals surface area (Å²) in [4.78, 5) is 22.4. The quantitative estimate of drug-likeness (QED) is 0.623. The van der Waals surface area contributed by atoms with Crippen LogP contribution in [0, 0.1) is 5.82 Å². The normalized spacial score (nSPS) is 10.6. The Morgan fingerprint density at radius 2 is 1.79 bits per heavy atom. The van der Waals surface area contributed by atoms with Crippen LogP contribution in [0.5, 0.6) is 11.5 Å². The molecule has 0 aliphatic rings. The lowest BCUT2D eigenvalue weighted by molar-refractivity contribution is -0.139. The van der Waals surface area contributed by atoms with Gasteiger partial charge in [0.2, 0.25) is 0 Å². The molecule has 0 amide bonds. The van der Waals surface area contributed by atoms with E-state index in [0.717, 1.165) is 6.07 Å². The second-order valence-corrected chi connectivity index (χ2v) is 4.79. The minimum absolute atomic E-state index is 0.0477. The molecular formula is C18H15FO5. The van der Waals surface area contributed by atoms with Crippen LogP contribution in [-0.2, 0) is 4.79 Å². The molecule has 0 spiro atoms. The number of halogens is 1. The number of ether oxygens (including phenoxy) is 2. The number of carbonyl (C=O) groups is 2. The Balaban J connectivity index is 2.04. The molecule has 0 aromatic heterocycles. The van der Waals surface area contributed by atoms with E-state index in [9.17, 15) is 14.0 Å². The summed E-state index contributed by atoms with van der Waals surface area (Å²) in [5, 5.41) is 8.53. The van der Waals surface area contributed by atoms with Gasteiger partial charge in [-0.25, -0.2) is 9.18 Å². The Morgan fingerprint density at radius 1 is 1.12 bits per heavy atom. The highest BCUT2D eigenvalue weighted by Gasteiger charge is 2.09. The van der Waals surface area contributed by atoms with E-state index in [2.05, 4.69) is 0 Å². The molecule has 0 unspecified atom stereocenters. The number of hydrogen-bond donors (Lipinski definition) is 1. The molecule has 0 bridgehead atoms. The maximum atomic E-state index is 13.8. The van der Waals surface area contributed by atoms with Crippen molar-refractivity contribution in [2.45, 2.75) is 0 Å². The maximum absolute atomic E-state index is 13.8. The molecule has 5 nitrogen and oxygen atoms in total. The molecule has 2 aromatic carbocycles. The first-order valence-corrected chi connectivity index (χ1v) is 7.00. The molecule has 1 N–H and O–H groups in total. The third-order valence-electron chi connectivity index (χ3n) is 3.11. The minimum Gasteiger partial charge on any atom is -0.497 e. The molecule has 0 heterocycles. The van der Waals surface area contributed by atoms with Crippen LogP contribution in [0.4, 0.5) is 4.39 Å². The molecular weight excluding hydrogens is 315 g/mol. The van der Waals surface area contributed by atoms with Gasteiger partial charge in [-0.2, -0.15) is 0 Å². The van der Waals surface area contributed by atoms with Crippen molar-refractivity contribution in [3.05, 3.63) is 65.5 Å². The first kappa shape index (κ1) is 17.2. The van der Waals surface area contributed by atoms with E-state index in [0.29, 0.717) is 17.1 Å². The number of carbonyl (C=O) groups excluding carboxylic acids is 1. The predicted molar refractivity (Wildman–Crippen MR) is 85.9 cm³/mol. The molecule has 0 radical (unpaired) electrons. The van der Waals surface area contributed by atoms with Crippen LogP contribution in [0.2, 0.25) is 0 Å². The summed E-state index contributed by atoms with van der Waals surface area (Å²) >= 11 is 0. The molecule has 0 atom stereocenters. The van der Waals surface area contributed by atoms with Gasteiger partial charge in [0, 0.05) is 6.07 Å². The Morgan fingerprint density at radius 3 is 2.38 bits per heavy atom. The lowest BCUT2D eigenvalue weighted by Gasteiger charge is -2.03. The second-order valence-electron chi connectivity index (χ2n) is 4.79. The van der Waals surface area contributed by atoms with Gasteiger partial charge in [-0.1, -0.05) is 18.2 Å². The standard InChI is InChI=1S/C18H15FO5/c1-23-14-7-8-15(16(19)10-14)17(20)9-4-12-2-5-13(6-3-12)24-11-18(21)22/h2-10H,11H2,1H3,(H,21,22). The molecule has 124 valence electrons. The fourth-order valence-electron chi connectivity index (χ4n) is 1.90. The van der Waals surface area contributed by atoms with Crippen molar-refractivity contribution in [2.75, 3.05) is 13.7 Å². The zero-order chi connectivity index (χ0) is 17.5.